The summed E-state index contributed by atoms with van der Waals surface area (Å²) in [5.41, 5.74) is 1.84. The molecule has 1 N–H and O–H groups in total. The molecule has 110 valence electrons. The highest BCUT2D eigenvalue weighted by atomic mass is 35.5. The second kappa shape index (κ2) is 5.54. The quantitative estimate of drug-likeness (QED) is 0.944. The summed E-state index contributed by atoms with van der Waals surface area (Å²) < 4.78 is 7.13. The fraction of sp³-hybridized carbons (Fsp3) is 0.312. The minimum atomic E-state index is -0.251. The van der Waals surface area contributed by atoms with Crippen LogP contribution in [0.25, 0.3) is 11.3 Å². The van der Waals surface area contributed by atoms with Crippen molar-refractivity contribution in [2.45, 2.75) is 25.5 Å². The highest BCUT2D eigenvalue weighted by Crippen LogP contribution is 2.40. The van der Waals surface area contributed by atoms with E-state index in [-0.39, 0.29) is 18.2 Å². The van der Waals surface area contributed by atoms with Gasteiger partial charge in [0.05, 0.1) is 19.4 Å². The summed E-state index contributed by atoms with van der Waals surface area (Å²) in [4.78, 5) is 12.5. The number of methoxy groups -OCH3 is 1. The molecule has 0 bridgehead atoms. The van der Waals surface area contributed by atoms with Gasteiger partial charge in [-0.05, 0) is 43.2 Å². The molecule has 1 heterocycles. The Balaban J connectivity index is 2.26. The number of aliphatic hydroxyl groups excluding tert-OH is 1. The van der Waals surface area contributed by atoms with Crippen molar-refractivity contribution < 1.29 is 9.84 Å². The monoisotopic (exact) mass is 305 g/mol. The number of ether oxygens (including phenoxy) is 1. The number of nitrogens with zero attached hydrogens (tertiary/aromatic N) is 1. The van der Waals surface area contributed by atoms with E-state index in [9.17, 15) is 9.90 Å². The number of pyridine rings is 1. The molecule has 1 aliphatic carbocycles. The number of hydrogen-bond acceptors (Lipinski definition) is 3. The van der Waals surface area contributed by atoms with Crippen molar-refractivity contribution in [3.63, 3.8) is 0 Å². The van der Waals surface area contributed by atoms with Crippen LogP contribution in [0, 0.1) is 0 Å². The summed E-state index contributed by atoms with van der Waals surface area (Å²) in [7, 11) is 1.59. The predicted octanol–water partition coefficient (Wildman–Crippen LogP) is 3.00. The predicted molar refractivity (Wildman–Crippen MR) is 81.9 cm³/mol. The third-order valence-electron chi connectivity index (χ3n) is 3.72. The van der Waals surface area contributed by atoms with Gasteiger partial charge in [0.2, 0.25) is 0 Å². The van der Waals surface area contributed by atoms with E-state index in [0.29, 0.717) is 16.3 Å². The number of halogens is 1. The summed E-state index contributed by atoms with van der Waals surface area (Å²) in [6.45, 7) is -0.251. The minimum absolute atomic E-state index is 0.139. The van der Waals surface area contributed by atoms with Crippen LogP contribution in [0.1, 0.15) is 24.4 Å². The average Bonchev–Trinajstić information content (AvgIpc) is 3.31. The Hall–Kier alpha value is -1.78. The van der Waals surface area contributed by atoms with Gasteiger partial charge in [-0.2, -0.15) is 0 Å². The minimum Gasteiger partial charge on any atom is -0.496 e. The van der Waals surface area contributed by atoms with Crippen molar-refractivity contribution in [2.75, 3.05) is 7.11 Å². The van der Waals surface area contributed by atoms with Crippen molar-refractivity contribution in [3.05, 3.63) is 51.3 Å². The molecule has 3 rings (SSSR count). The second-order valence-corrected chi connectivity index (χ2v) is 5.59. The first-order valence-corrected chi connectivity index (χ1v) is 7.22. The molecule has 1 aliphatic rings. The lowest BCUT2D eigenvalue weighted by molar-refractivity contribution is 0.279. The molecule has 0 atom stereocenters. The first-order chi connectivity index (χ1) is 10.2. The topological polar surface area (TPSA) is 51.5 Å². The molecular formula is C16H16ClNO3. The summed E-state index contributed by atoms with van der Waals surface area (Å²) in [5.74, 6) is 0.671. The van der Waals surface area contributed by atoms with E-state index in [2.05, 4.69) is 0 Å². The number of aromatic nitrogens is 1. The molecule has 0 spiro atoms. The first kappa shape index (κ1) is 14.2. The van der Waals surface area contributed by atoms with E-state index in [1.54, 1.807) is 35.9 Å². The van der Waals surface area contributed by atoms with E-state index in [1.165, 1.54) is 0 Å². The molecule has 4 nitrogen and oxygen atoms in total. The van der Waals surface area contributed by atoms with Crippen LogP contribution in [0.4, 0.5) is 0 Å². The molecule has 1 fully saturated rings. The third-order valence-corrected chi connectivity index (χ3v) is 3.95. The number of aliphatic hydroxyl groups is 1. The maximum Gasteiger partial charge on any atom is 0.256 e. The fourth-order valence-electron chi connectivity index (χ4n) is 2.51. The van der Waals surface area contributed by atoms with E-state index >= 15 is 0 Å². The highest BCUT2D eigenvalue weighted by molar-refractivity contribution is 6.30. The lowest BCUT2D eigenvalue weighted by Crippen LogP contribution is -2.24. The zero-order valence-corrected chi connectivity index (χ0v) is 12.4. The highest BCUT2D eigenvalue weighted by Gasteiger charge is 2.28. The zero-order chi connectivity index (χ0) is 15.0. The number of benzene rings is 1. The molecule has 0 radical (unpaired) electrons. The molecule has 0 saturated heterocycles. The van der Waals surface area contributed by atoms with Crippen molar-refractivity contribution in [1.29, 1.82) is 0 Å². The van der Waals surface area contributed by atoms with Gasteiger partial charge in [-0.3, -0.25) is 4.79 Å². The number of hydrogen-bond donors (Lipinski definition) is 1. The fourth-order valence-corrected chi connectivity index (χ4v) is 2.68. The van der Waals surface area contributed by atoms with E-state index < -0.39 is 0 Å². The molecule has 5 heteroatoms. The summed E-state index contributed by atoms with van der Waals surface area (Å²) in [6.07, 6.45) is 1.95. The first-order valence-electron chi connectivity index (χ1n) is 6.85. The molecule has 1 aromatic carbocycles. The van der Waals surface area contributed by atoms with Crippen LogP contribution in [-0.2, 0) is 6.61 Å². The van der Waals surface area contributed by atoms with Gasteiger partial charge < -0.3 is 14.4 Å². The molecule has 0 unspecified atom stereocenters. The zero-order valence-electron chi connectivity index (χ0n) is 11.7. The van der Waals surface area contributed by atoms with Gasteiger partial charge in [-0.25, -0.2) is 0 Å². The van der Waals surface area contributed by atoms with Gasteiger partial charge in [-0.15, -0.1) is 0 Å². The lowest BCUT2D eigenvalue weighted by Gasteiger charge is -2.16. The molecule has 2 aromatic rings. The average molecular weight is 306 g/mol. The SMILES string of the molecule is COc1ccc(Cl)cc1-c1ccc(CO)c(=O)n1C1CC1. The Bertz CT molecular complexity index is 735. The normalized spacial score (nSPS) is 14.2. The molecule has 1 aromatic heterocycles. The van der Waals surface area contributed by atoms with Gasteiger partial charge >= 0.3 is 0 Å². The van der Waals surface area contributed by atoms with Crippen LogP contribution < -0.4 is 10.3 Å². The Labute approximate surface area is 127 Å². The van der Waals surface area contributed by atoms with Crippen LogP contribution in [0.15, 0.2) is 35.1 Å². The molecule has 0 aliphatic heterocycles. The number of rotatable bonds is 4. The van der Waals surface area contributed by atoms with E-state index in [0.717, 1.165) is 24.1 Å². The summed E-state index contributed by atoms with van der Waals surface area (Å²) in [5, 5.41) is 9.88. The molecule has 0 amide bonds. The Morgan fingerprint density at radius 1 is 1.33 bits per heavy atom. The van der Waals surface area contributed by atoms with Crippen LogP contribution >= 0.6 is 11.6 Å². The molecule has 1 saturated carbocycles. The van der Waals surface area contributed by atoms with Crippen molar-refractivity contribution in [2.24, 2.45) is 0 Å². The Morgan fingerprint density at radius 3 is 2.71 bits per heavy atom. The molecular weight excluding hydrogens is 290 g/mol. The van der Waals surface area contributed by atoms with Gasteiger partial charge in [0.25, 0.3) is 5.56 Å². The van der Waals surface area contributed by atoms with Gasteiger partial charge in [0, 0.05) is 22.2 Å². The smallest absolute Gasteiger partial charge is 0.256 e. The maximum atomic E-state index is 12.5. The van der Waals surface area contributed by atoms with Crippen LogP contribution in [0.3, 0.4) is 0 Å². The van der Waals surface area contributed by atoms with Gasteiger partial charge in [-0.1, -0.05) is 11.6 Å². The van der Waals surface area contributed by atoms with Crippen LogP contribution in [0.2, 0.25) is 5.02 Å². The second-order valence-electron chi connectivity index (χ2n) is 5.15. The maximum absolute atomic E-state index is 12.5. The Morgan fingerprint density at radius 2 is 2.10 bits per heavy atom. The van der Waals surface area contributed by atoms with Crippen LogP contribution in [-0.4, -0.2) is 16.8 Å². The van der Waals surface area contributed by atoms with Gasteiger partial charge in [0.1, 0.15) is 5.75 Å². The van der Waals surface area contributed by atoms with Crippen molar-refractivity contribution >= 4 is 11.6 Å². The van der Waals surface area contributed by atoms with Crippen molar-refractivity contribution in [1.82, 2.24) is 4.57 Å². The third kappa shape index (κ3) is 2.57. The van der Waals surface area contributed by atoms with Crippen LogP contribution in [0.5, 0.6) is 5.75 Å². The Kier molecular flexibility index (Phi) is 3.74. The van der Waals surface area contributed by atoms with Gasteiger partial charge in [0.15, 0.2) is 0 Å². The van der Waals surface area contributed by atoms with Crippen molar-refractivity contribution in [3.8, 4) is 17.0 Å². The van der Waals surface area contributed by atoms with E-state index in [1.807, 2.05) is 6.07 Å². The summed E-state index contributed by atoms with van der Waals surface area (Å²) in [6, 6.07) is 9.05. The van der Waals surface area contributed by atoms with E-state index in [4.69, 9.17) is 16.3 Å². The molecule has 21 heavy (non-hydrogen) atoms. The largest absolute Gasteiger partial charge is 0.496 e. The lowest BCUT2D eigenvalue weighted by atomic mass is 10.1. The summed E-state index contributed by atoms with van der Waals surface area (Å²) >= 11 is 6.09. The standard InChI is InChI=1S/C16H16ClNO3/c1-21-15-7-3-11(17)8-13(15)14-6-2-10(9-19)16(20)18(14)12-4-5-12/h2-3,6-8,12,19H,4-5,9H2,1H3.